The van der Waals surface area contributed by atoms with E-state index in [9.17, 15) is 9.59 Å². The van der Waals surface area contributed by atoms with Gasteiger partial charge in [0.05, 0.1) is 18.5 Å². The highest BCUT2D eigenvalue weighted by atomic mass is 16.5. The Morgan fingerprint density at radius 3 is 2.67 bits per heavy atom. The molecule has 124 valence electrons. The number of para-hydroxylation sites is 1. The van der Waals surface area contributed by atoms with E-state index in [1.165, 1.54) is 0 Å². The highest BCUT2D eigenvalue weighted by molar-refractivity contribution is 6.08. The molecule has 5 heteroatoms. The number of hydrogen-bond acceptors (Lipinski definition) is 3. The Labute approximate surface area is 141 Å². The van der Waals surface area contributed by atoms with E-state index in [0.29, 0.717) is 17.8 Å². The Morgan fingerprint density at radius 1 is 1.21 bits per heavy atom. The maximum Gasteiger partial charge on any atom is 0.255 e. The van der Waals surface area contributed by atoms with E-state index in [2.05, 4.69) is 5.32 Å². The number of ether oxygens (including phenoxy) is 1. The Hall–Kier alpha value is -2.82. The van der Waals surface area contributed by atoms with Crippen LogP contribution < -0.4 is 15.0 Å². The third-order valence-electron chi connectivity index (χ3n) is 4.28. The monoisotopic (exact) mass is 324 g/mol. The number of fused-ring (bicyclic) bond motifs is 1. The number of carbonyl (C=O) groups excluding carboxylic acids is 2. The van der Waals surface area contributed by atoms with Crippen LogP contribution in [0.4, 0.5) is 11.4 Å². The predicted molar refractivity (Wildman–Crippen MR) is 93.9 cm³/mol. The molecule has 1 heterocycles. The quantitative estimate of drug-likeness (QED) is 0.943. The number of hydrogen-bond donors (Lipinski definition) is 1. The summed E-state index contributed by atoms with van der Waals surface area (Å²) in [6, 6.07) is 11.0. The van der Waals surface area contributed by atoms with Gasteiger partial charge in [0, 0.05) is 19.0 Å². The first kappa shape index (κ1) is 16.1. The van der Waals surface area contributed by atoms with Gasteiger partial charge in [-0.1, -0.05) is 12.1 Å². The number of rotatable bonds is 3. The maximum atomic E-state index is 12.6. The van der Waals surface area contributed by atoms with E-state index in [-0.39, 0.29) is 11.8 Å². The van der Waals surface area contributed by atoms with Gasteiger partial charge in [-0.3, -0.25) is 9.59 Å². The number of aryl methyl sites for hydroxylation is 1. The van der Waals surface area contributed by atoms with Gasteiger partial charge in [-0.2, -0.15) is 0 Å². The molecule has 0 aliphatic carbocycles. The predicted octanol–water partition coefficient (Wildman–Crippen LogP) is 3.16. The van der Waals surface area contributed by atoms with Gasteiger partial charge >= 0.3 is 0 Å². The van der Waals surface area contributed by atoms with Crippen LogP contribution in [0.25, 0.3) is 0 Å². The molecule has 0 spiro atoms. The highest BCUT2D eigenvalue weighted by Gasteiger charge is 2.25. The zero-order chi connectivity index (χ0) is 17.3. The lowest BCUT2D eigenvalue weighted by Gasteiger charge is -2.19. The van der Waals surface area contributed by atoms with Gasteiger partial charge in [0.25, 0.3) is 5.91 Å². The van der Waals surface area contributed by atoms with Crippen LogP contribution in [0.2, 0.25) is 0 Å². The molecule has 0 fully saturated rings. The molecule has 2 aromatic carbocycles. The lowest BCUT2D eigenvalue weighted by atomic mass is 10.1. The molecule has 2 amide bonds. The number of anilines is 2. The fraction of sp³-hybridized carbons (Fsp3) is 0.263. The largest absolute Gasteiger partial charge is 0.496 e. The average Bonchev–Trinajstić information content (AvgIpc) is 3.00. The smallest absolute Gasteiger partial charge is 0.255 e. The van der Waals surface area contributed by atoms with E-state index in [1.807, 2.05) is 25.1 Å². The van der Waals surface area contributed by atoms with Crippen molar-refractivity contribution in [1.82, 2.24) is 0 Å². The molecule has 0 bridgehead atoms. The van der Waals surface area contributed by atoms with Gasteiger partial charge < -0.3 is 15.0 Å². The van der Waals surface area contributed by atoms with Crippen molar-refractivity contribution in [2.45, 2.75) is 20.3 Å². The first-order valence-electron chi connectivity index (χ1n) is 7.87. The minimum Gasteiger partial charge on any atom is -0.496 e. The zero-order valence-electron chi connectivity index (χ0n) is 14.1. The fourth-order valence-corrected chi connectivity index (χ4v) is 3.09. The Balaban J connectivity index is 1.90. The summed E-state index contributed by atoms with van der Waals surface area (Å²) in [7, 11) is 1.60. The summed E-state index contributed by atoms with van der Waals surface area (Å²) in [6.07, 6.45) is 0.806. The van der Waals surface area contributed by atoms with Crippen LogP contribution in [0.15, 0.2) is 36.4 Å². The molecule has 0 atom stereocenters. The van der Waals surface area contributed by atoms with Gasteiger partial charge in [-0.05, 0) is 48.7 Å². The molecule has 1 aliphatic rings. The molecule has 0 saturated carbocycles. The van der Waals surface area contributed by atoms with Gasteiger partial charge in [-0.15, -0.1) is 0 Å². The van der Waals surface area contributed by atoms with Crippen LogP contribution >= 0.6 is 0 Å². The second-order valence-electron chi connectivity index (χ2n) is 5.87. The molecule has 2 aromatic rings. The van der Waals surface area contributed by atoms with Gasteiger partial charge in [-0.25, -0.2) is 0 Å². The number of methoxy groups -OCH3 is 1. The van der Waals surface area contributed by atoms with Crippen LogP contribution in [-0.4, -0.2) is 25.5 Å². The van der Waals surface area contributed by atoms with Crippen LogP contribution in [0.1, 0.15) is 28.4 Å². The standard InChI is InChI=1S/C19H20N2O3/c1-12-11-15(7-8-17(12)24-3)19(23)20-16-6-4-5-14-9-10-21(13(2)22)18(14)16/h4-8,11H,9-10H2,1-3H3,(H,20,23). The molecular weight excluding hydrogens is 304 g/mol. The zero-order valence-corrected chi connectivity index (χ0v) is 14.1. The van der Waals surface area contributed by atoms with Crippen molar-refractivity contribution in [1.29, 1.82) is 0 Å². The lowest BCUT2D eigenvalue weighted by Crippen LogP contribution is -2.27. The molecule has 1 aliphatic heterocycles. The topological polar surface area (TPSA) is 58.6 Å². The van der Waals surface area contributed by atoms with Crippen molar-refractivity contribution >= 4 is 23.2 Å². The second kappa shape index (κ2) is 6.35. The van der Waals surface area contributed by atoms with Crippen molar-refractivity contribution in [2.24, 2.45) is 0 Å². The summed E-state index contributed by atoms with van der Waals surface area (Å²) in [5, 5.41) is 2.93. The van der Waals surface area contributed by atoms with Crippen LogP contribution in [-0.2, 0) is 11.2 Å². The fourth-order valence-electron chi connectivity index (χ4n) is 3.09. The summed E-state index contributed by atoms with van der Waals surface area (Å²) >= 11 is 0. The summed E-state index contributed by atoms with van der Waals surface area (Å²) < 4.78 is 5.22. The SMILES string of the molecule is COc1ccc(C(=O)Nc2cccc3c2N(C(C)=O)CC3)cc1C. The molecule has 0 aromatic heterocycles. The second-order valence-corrected chi connectivity index (χ2v) is 5.87. The van der Waals surface area contributed by atoms with Gasteiger partial charge in [0.2, 0.25) is 5.91 Å². The van der Waals surface area contributed by atoms with Crippen molar-refractivity contribution in [3.8, 4) is 5.75 Å². The molecule has 0 radical (unpaired) electrons. The van der Waals surface area contributed by atoms with Crippen molar-refractivity contribution in [3.05, 3.63) is 53.1 Å². The first-order valence-corrected chi connectivity index (χ1v) is 7.87. The number of amides is 2. The molecule has 24 heavy (non-hydrogen) atoms. The maximum absolute atomic E-state index is 12.6. The van der Waals surface area contributed by atoms with E-state index >= 15 is 0 Å². The number of nitrogens with zero attached hydrogens (tertiary/aromatic N) is 1. The normalized spacial score (nSPS) is 12.7. The Bertz CT molecular complexity index is 814. The molecule has 5 nitrogen and oxygen atoms in total. The summed E-state index contributed by atoms with van der Waals surface area (Å²) in [6.45, 7) is 4.09. The van der Waals surface area contributed by atoms with Gasteiger partial charge in [0.15, 0.2) is 0 Å². The summed E-state index contributed by atoms with van der Waals surface area (Å²) in [4.78, 5) is 26.1. The average molecular weight is 324 g/mol. The third kappa shape index (κ3) is 2.85. The summed E-state index contributed by atoms with van der Waals surface area (Å²) in [5.74, 6) is 0.523. The minimum absolute atomic E-state index is 0.0178. The van der Waals surface area contributed by atoms with E-state index < -0.39 is 0 Å². The number of carbonyl (C=O) groups is 2. The van der Waals surface area contributed by atoms with E-state index in [1.54, 1.807) is 37.1 Å². The molecule has 1 N–H and O–H groups in total. The van der Waals surface area contributed by atoms with E-state index in [4.69, 9.17) is 4.74 Å². The van der Waals surface area contributed by atoms with Gasteiger partial charge in [0.1, 0.15) is 5.75 Å². The minimum atomic E-state index is -0.204. The third-order valence-corrected chi connectivity index (χ3v) is 4.28. The van der Waals surface area contributed by atoms with Crippen molar-refractivity contribution < 1.29 is 14.3 Å². The first-order chi connectivity index (χ1) is 11.5. The van der Waals surface area contributed by atoms with Crippen molar-refractivity contribution in [2.75, 3.05) is 23.9 Å². The van der Waals surface area contributed by atoms with Crippen LogP contribution in [0.3, 0.4) is 0 Å². The molecule has 3 rings (SSSR count). The van der Waals surface area contributed by atoms with Crippen LogP contribution in [0.5, 0.6) is 5.75 Å². The molecule has 0 saturated heterocycles. The van der Waals surface area contributed by atoms with Crippen molar-refractivity contribution in [3.63, 3.8) is 0 Å². The number of benzene rings is 2. The molecular formula is C19H20N2O3. The Kier molecular flexibility index (Phi) is 4.25. The Morgan fingerprint density at radius 2 is 2.00 bits per heavy atom. The molecule has 0 unspecified atom stereocenters. The highest BCUT2D eigenvalue weighted by Crippen LogP contribution is 2.35. The number of nitrogens with one attached hydrogen (secondary N) is 1. The summed E-state index contributed by atoms with van der Waals surface area (Å²) in [5.41, 5.74) is 4.00. The van der Waals surface area contributed by atoms with Crippen LogP contribution in [0, 0.1) is 6.92 Å². The van der Waals surface area contributed by atoms with E-state index in [0.717, 1.165) is 29.0 Å². The lowest BCUT2D eigenvalue weighted by molar-refractivity contribution is -0.116.